The summed E-state index contributed by atoms with van der Waals surface area (Å²) < 4.78 is 1.23. The van der Waals surface area contributed by atoms with Gasteiger partial charge < -0.3 is 5.11 Å². The fraction of sp³-hybridized carbons (Fsp3) is 0.422. The van der Waals surface area contributed by atoms with E-state index in [1.54, 1.807) is 0 Å². The second-order valence-corrected chi connectivity index (χ2v) is 16.0. The van der Waals surface area contributed by atoms with E-state index in [0.29, 0.717) is 5.92 Å². The maximum atomic E-state index is 11.7. The minimum Gasteiger partial charge on any atom is -0.512 e. The molecule has 0 spiro atoms. The van der Waals surface area contributed by atoms with Gasteiger partial charge in [-0.2, -0.15) is 0 Å². The van der Waals surface area contributed by atoms with Crippen LogP contribution < -0.4 is 0 Å². The molecule has 0 aliphatic carbocycles. The molecule has 0 aliphatic rings. The quantitative estimate of drug-likeness (QED) is 0.0817. The number of carbonyl (C=O) groups is 1. The fourth-order valence-corrected chi connectivity index (χ4v) is 7.91. The molecule has 0 saturated carbocycles. The van der Waals surface area contributed by atoms with Gasteiger partial charge in [-0.25, -0.2) is 0 Å². The maximum absolute atomic E-state index is 11.7. The number of carbonyl (C=O) groups excluding carboxylic acids is 1. The topological polar surface area (TPSA) is 50.2 Å². The molecule has 0 aliphatic heterocycles. The molecular weight excluding hydrogens is 811 g/mol. The molecule has 2 aromatic heterocycles. The van der Waals surface area contributed by atoms with Crippen LogP contribution in [0.3, 0.4) is 0 Å². The van der Waals surface area contributed by atoms with Crippen molar-refractivity contribution in [3.05, 3.63) is 101 Å². The van der Waals surface area contributed by atoms with E-state index in [0.717, 1.165) is 48.7 Å². The number of hydrogen-bond donors (Lipinski definition) is 1. The summed E-state index contributed by atoms with van der Waals surface area (Å²) >= 11 is 1.84. The number of allylic oxidation sites excluding steroid dienone is 2. The van der Waals surface area contributed by atoms with Crippen molar-refractivity contribution >= 4 is 38.0 Å². The summed E-state index contributed by atoms with van der Waals surface area (Å²) in [6, 6.07) is 25.9. The maximum Gasteiger partial charge on any atom is 0.162 e. The molecule has 3 nitrogen and oxygen atoms in total. The molecular formula is C45H56IrNO2S-. The van der Waals surface area contributed by atoms with Crippen LogP contribution in [0.5, 0.6) is 0 Å². The number of aliphatic hydroxyl groups is 1. The van der Waals surface area contributed by atoms with E-state index in [4.69, 9.17) is 4.98 Å². The van der Waals surface area contributed by atoms with E-state index in [9.17, 15) is 9.90 Å². The van der Waals surface area contributed by atoms with Crippen molar-refractivity contribution in [3.63, 3.8) is 0 Å². The molecule has 2 heterocycles. The zero-order chi connectivity index (χ0) is 35.9. The predicted molar refractivity (Wildman–Crippen MR) is 213 cm³/mol. The number of pyridine rings is 1. The number of nitrogens with zero attached hydrogens (tertiary/aromatic N) is 1. The van der Waals surface area contributed by atoms with Crippen molar-refractivity contribution in [2.45, 2.75) is 107 Å². The van der Waals surface area contributed by atoms with E-state index < -0.39 is 0 Å². The molecule has 0 amide bonds. The molecule has 0 saturated heterocycles. The normalized spacial score (nSPS) is 12.1. The SMILES string of the molecule is CCC(CC)C(=O)/C=C(\O)C(CC)CC.Cc1cc(CC(C)(C)C)ccc1-c1cc2ccnc(-c3[c-]c4ccccc4c(C(C)C)c3)c2s1.[Ir]. The van der Waals surface area contributed by atoms with Crippen LogP contribution in [0.25, 0.3) is 42.6 Å². The molecule has 5 heteroatoms. The van der Waals surface area contributed by atoms with Crippen molar-refractivity contribution in [1.82, 2.24) is 4.98 Å². The zero-order valence-electron chi connectivity index (χ0n) is 31.7. The van der Waals surface area contributed by atoms with Gasteiger partial charge in [0.2, 0.25) is 0 Å². The summed E-state index contributed by atoms with van der Waals surface area (Å²) in [6.07, 6.45) is 7.93. The van der Waals surface area contributed by atoms with Gasteiger partial charge in [-0.1, -0.05) is 110 Å². The summed E-state index contributed by atoms with van der Waals surface area (Å²) in [4.78, 5) is 17.9. The molecule has 1 N–H and O–H groups in total. The molecule has 50 heavy (non-hydrogen) atoms. The largest absolute Gasteiger partial charge is 0.512 e. The predicted octanol–water partition coefficient (Wildman–Crippen LogP) is 13.5. The third-order valence-electron chi connectivity index (χ3n) is 9.49. The average molecular weight is 867 g/mol. The number of fused-ring (bicyclic) bond motifs is 2. The van der Waals surface area contributed by atoms with Gasteiger partial charge in [0.25, 0.3) is 0 Å². The summed E-state index contributed by atoms with van der Waals surface area (Å²) in [5.74, 6) is 0.983. The number of rotatable bonds is 11. The first kappa shape index (κ1) is 41.3. The summed E-state index contributed by atoms with van der Waals surface area (Å²) in [5, 5.41) is 13.4. The van der Waals surface area contributed by atoms with E-state index in [2.05, 4.69) is 108 Å². The van der Waals surface area contributed by atoms with Gasteiger partial charge in [0.1, 0.15) is 0 Å². The van der Waals surface area contributed by atoms with Crippen LogP contribution in [0.4, 0.5) is 0 Å². The van der Waals surface area contributed by atoms with Crippen LogP contribution >= 0.6 is 11.3 Å². The van der Waals surface area contributed by atoms with Crippen LogP contribution in [0.2, 0.25) is 0 Å². The summed E-state index contributed by atoms with van der Waals surface area (Å²) in [6.45, 7) is 21.7. The first-order valence-corrected chi connectivity index (χ1v) is 19.0. The van der Waals surface area contributed by atoms with Crippen LogP contribution in [0.1, 0.15) is 111 Å². The van der Waals surface area contributed by atoms with Crippen LogP contribution in [-0.2, 0) is 31.3 Å². The van der Waals surface area contributed by atoms with Crippen LogP contribution in [-0.4, -0.2) is 15.9 Å². The Morgan fingerprint density at radius 3 is 2.18 bits per heavy atom. The summed E-state index contributed by atoms with van der Waals surface area (Å²) in [5.41, 5.74) is 7.81. The van der Waals surface area contributed by atoms with Crippen molar-refractivity contribution < 1.29 is 30.0 Å². The molecule has 1 radical (unpaired) electrons. The second kappa shape index (κ2) is 18.4. The fourth-order valence-electron chi connectivity index (χ4n) is 6.66. The van der Waals surface area contributed by atoms with E-state index in [1.165, 1.54) is 48.7 Å². The number of aliphatic hydroxyl groups excluding tert-OH is 1. The Morgan fingerprint density at radius 2 is 1.58 bits per heavy atom. The van der Waals surface area contributed by atoms with Crippen molar-refractivity contribution in [2.75, 3.05) is 0 Å². The van der Waals surface area contributed by atoms with Gasteiger partial charge >= 0.3 is 0 Å². The monoisotopic (exact) mass is 867 g/mol. The average Bonchev–Trinajstić information content (AvgIpc) is 3.49. The minimum atomic E-state index is 0. The van der Waals surface area contributed by atoms with Crippen LogP contribution in [0.15, 0.2) is 78.7 Å². The van der Waals surface area contributed by atoms with Crippen molar-refractivity contribution in [3.8, 4) is 21.7 Å². The molecule has 269 valence electrons. The minimum absolute atomic E-state index is 0. The Hall–Kier alpha value is -3.11. The van der Waals surface area contributed by atoms with Crippen molar-refractivity contribution in [2.24, 2.45) is 17.3 Å². The first-order chi connectivity index (χ1) is 23.3. The van der Waals surface area contributed by atoms with Gasteiger partial charge in [0.05, 0.1) is 5.76 Å². The third kappa shape index (κ3) is 10.2. The van der Waals surface area contributed by atoms with Gasteiger partial charge in [-0.15, -0.1) is 40.5 Å². The Kier molecular flexibility index (Phi) is 15.2. The zero-order valence-corrected chi connectivity index (χ0v) is 35.0. The Morgan fingerprint density at radius 1 is 0.920 bits per heavy atom. The van der Waals surface area contributed by atoms with Gasteiger partial charge in [0, 0.05) is 59.5 Å². The number of thiophene rings is 1. The molecule has 0 atom stereocenters. The number of aryl methyl sites for hydroxylation is 1. The van der Waals surface area contributed by atoms with E-state index >= 15 is 0 Å². The van der Waals surface area contributed by atoms with Crippen molar-refractivity contribution in [1.29, 1.82) is 0 Å². The first-order valence-electron chi connectivity index (χ1n) is 18.2. The second-order valence-electron chi connectivity index (χ2n) is 14.9. The van der Waals surface area contributed by atoms with Gasteiger partial charge in [-0.05, 0) is 84.6 Å². The number of hydrogen-bond acceptors (Lipinski definition) is 4. The molecule has 0 bridgehead atoms. The molecule has 5 rings (SSSR count). The smallest absolute Gasteiger partial charge is 0.162 e. The van der Waals surface area contributed by atoms with E-state index in [-0.39, 0.29) is 48.9 Å². The Balaban J connectivity index is 0.000000361. The molecule has 0 fully saturated rings. The Labute approximate surface area is 319 Å². The third-order valence-corrected chi connectivity index (χ3v) is 10.7. The molecule has 0 unspecified atom stereocenters. The number of aromatic nitrogens is 1. The number of ketones is 1. The number of benzene rings is 3. The van der Waals surface area contributed by atoms with Crippen LogP contribution in [0, 0.1) is 30.2 Å². The molecule has 3 aromatic carbocycles. The summed E-state index contributed by atoms with van der Waals surface area (Å²) in [7, 11) is 0. The van der Waals surface area contributed by atoms with Gasteiger partial charge in [-0.3, -0.25) is 9.78 Å². The molecule has 5 aromatic rings. The van der Waals surface area contributed by atoms with E-state index in [1.807, 2.05) is 45.2 Å². The standard InChI is InChI=1S/C32H32NS.C13H24O2.Ir/c1-20(2)28-17-25(16-23-9-7-8-10-27(23)28)30-31-24(13-14-33-30)18-29(34-31)26-12-11-22(15-21(26)3)19-32(4,5)6;1-5-10(6-2)12(14)9-13(15)11(7-3)8-4;/h7-15,17-18,20H,19H2,1-6H3;9-11,14H,5-8H2,1-4H3;/q-1;;/b;12-9-;. The van der Waals surface area contributed by atoms with Gasteiger partial charge in [0.15, 0.2) is 5.78 Å². The Bertz CT molecular complexity index is 1900.